The Bertz CT molecular complexity index is 1400. The van der Waals surface area contributed by atoms with Crippen LogP contribution in [0, 0.1) is 6.92 Å². The molecule has 1 heterocycles. The van der Waals surface area contributed by atoms with Crippen LogP contribution in [0.25, 0.3) is 10.8 Å². The molecule has 0 fully saturated rings. The highest BCUT2D eigenvalue weighted by Crippen LogP contribution is 2.34. The molecule has 0 saturated carbocycles. The van der Waals surface area contributed by atoms with Crippen LogP contribution in [0.2, 0.25) is 0 Å². The van der Waals surface area contributed by atoms with Gasteiger partial charge in [-0.05, 0) is 66.8 Å². The van der Waals surface area contributed by atoms with Crippen LogP contribution in [-0.4, -0.2) is 25.0 Å². The van der Waals surface area contributed by atoms with Crippen molar-refractivity contribution in [2.45, 2.75) is 65.6 Å². The summed E-state index contributed by atoms with van der Waals surface area (Å²) in [5.74, 6) is 0.416. The smallest absolute Gasteiger partial charge is 0.283 e. The molecule has 0 aliphatic heterocycles. The first-order valence-corrected chi connectivity index (χ1v) is 14.7. The Balaban J connectivity index is 0.000000378. The summed E-state index contributed by atoms with van der Waals surface area (Å²) in [4.78, 5) is 19.3. The molecule has 41 heavy (non-hydrogen) atoms. The number of anilines is 1. The van der Waals surface area contributed by atoms with Crippen LogP contribution in [-0.2, 0) is 5.66 Å². The third kappa shape index (κ3) is 9.60. The fourth-order valence-electron chi connectivity index (χ4n) is 4.18. The number of fused-ring (bicyclic) bond motifs is 1. The summed E-state index contributed by atoms with van der Waals surface area (Å²) in [6.07, 6.45) is 2.87. The first-order valence-electron chi connectivity index (χ1n) is 14.1. The van der Waals surface area contributed by atoms with Crippen molar-refractivity contribution in [3.63, 3.8) is 0 Å². The molecular formula is C34H44F2N3OP. The van der Waals surface area contributed by atoms with Gasteiger partial charge >= 0.3 is 0 Å². The van der Waals surface area contributed by atoms with Gasteiger partial charge in [-0.3, -0.25) is 9.78 Å². The Morgan fingerprint density at radius 3 is 2.24 bits per heavy atom. The zero-order valence-electron chi connectivity index (χ0n) is 25.5. The van der Waals surface area contributed by atoms with E-state index in [9.17, 15) is 13.6 Å². The molecule has 3 atom stereocenters. The van der Waals surface area contributed by atoms with Crippen molar-refractivity contribution >= 4 is 31.6 Å². The molecule has 1 N–H and O–H groups in total. The SMILES string of the molecule is CC.CCC(C)c1cccc2cc(C(=O)NC(C)c3cc(N(C)C)ccn3)ccc12.Cc1ccc(C(F)(F)P)cc1. The number of benzene rings is 3. The fraction of sp³-hybridized carbons (Fsp3) is 0.353. The number of amides is 1. The molecule has 0 bridgehead atoms. The lowest BCUT2D eigenvalue weighted by molar-refractivity contribution is 0.0938. The van der Waals surface area contributed by atoms with E-state index in [0.29, 0.717) is 11.5 Å². The van der Waals surface area contributed by atoms with Gasteiger partial charge in [-0.15, -0.1) is 0 Å². The van der Waals surface area contributed by atoms with E-state index in [0.717, 1.165) is 28.8 Å². The number of pyridine rings is 1. The Labute approximate surface area is 246 Å². The second-order valence-corrected chi connectivity index (χ2v) is 10.8. The molecule has 1 aromatic heterocycles. The second-order valence-electron chi connectivity index (χ2n) is 10.1. The summed E-state index contributed by atoms with van der Waals surface area (Å²) >= 11 is 0. The van der Waals surface area contributed by atoms with Gasteiger partial charge in [0.1, 0.15) is 0 Å². The van der Waals surface area contributed by atoms with E-state index < -0.39 is 5.66 Å². The van der Waals surface area contributed by atoms with Crippen molar-refractivity contribution in [2.75, 3.05) is 19.0 Å². The van der Waals surface area contributed by atoms with E-state index in [1.807, 2.05) is 71.0 Å². The third-order valence-corrected chi connectivity index (χ3v) is 7.16. The average molecular weight is 580 g/mol. The average Bonchev–Trinajstić information content (AvgIpc) is 2.97. The molecule has 1 amide bonds. The third-order valence-electron chi connectivity index (χ3n) is 6.83. The highest BCUT2D eigenvalue weighted by Gasteiger charge is 2.23. The van der Waals surface area contributed by atoms with E-state index in [4.69, 9.17) is 0 Å². The lowest BCUT2D eigenvalue weighted by Gasteiger charge is -2.18. The molecule has 4 rings (SSSR count). The fourth-order valence-corrected chi connectivity index (χ4v) is 4.37. The number of hydrogen-bond acceptors (Lipinski definition) is 3. The number of halogens is 2. The maximum absolute atomic E-state index is 12.8. The Morgan fingerprint density at radius 2 is 1.66 bits per heavy atom. The number of nitrogens with one attached hydrogen (secondary N) is 1. The zero-order valence-corrected chi connectivity index (χ0v) is 26.7. The van der Waals surface area contributed by atoms with Crippen LogP contribution in [0.15, 0.2) is 79.0 Å². The predicted octanol–water partition coefficient (Wildman–Crippen LogP) is 9.25. The van der Waals surface area contributed by atoms with Crippen molar-refractivity contribution in [3.8, 4) is 0 Å². The number of nitrogens with zero attached hydrogens (tertiary/aromatic N) is 2. The molecule has 3 aromatic carbocycles. The Morgan fingerprint density at radius 1 is 1.00 bits per heavy atom. The van der Waals surface area contributed by atoms with Crippen LogP contribution >= 0.6 is 9.24 Å². The number of aromatic nitrogens is 1. The molecule has 7 heteroatoms. The minimum Gasteiger partial charge on any atom is -0.378 e. The van der Waals surface area contributed by atoms with Gasteiger partial charge in [-0.1, -0.05) is 91.0 Å². The summed E-state index contributed by atoms with van der Waals surface area (Å²) in [5, 5.41) is 5.40. The normalized spacial score (nSPS) is 12.3. The van der Waals surface area contributed by atoms with E-state index in [2.05, 4.69) is 48.4 Å². The second kappa shape index (κ2) is 15.6. The van der Waals surface area contributed by atoms with E-state index >= 15 is 0 Å². The van der Waals surface area contributed by atoms with Gasteiger partial charge in [-0.25, -0.2) is 0 Å². The number of carbonyl (C=O) groups is 1. The van der Waals surface area contributed by atoms with Gasteiger partial charge in [0.2, 0.25) is 0 Å². The quantitative estimate of drug-likeness (QED) is 0.222. The van der Waals surface area contributed by atoms with E-state index in [1.54, 1.807) is 18.3 Å². The van der Waals surface area contributed by atoms with Crippen LogP contribution < -0.4 is 10.2 Å². The van der Waals surface area contributed by atoms with Gasteiger partial charge in [0.05, 0.1) is 11.7 Å². The largest absolute Gasteiger partial charge is 0.378 e. The molecule has 0 radical (unpaired) electrons. The van der Waals surface area contributed by atoms with Crippen molar-refractivity contribution < 1.29 is 13.6 Å². The first-order chi connectivity index (χ1) is 19.4. The lowest BCUT2D eigenvalue weighted by atomic mass is 9.92. The zero-order chi connectivity index (χ0) is 30.7. The monoisotopic (exact) mass is 579 g/mol. The van der Waals surface area contributed by atoms with Gasteiger partial charge < -0.3 is 10.2 Å². The van der Waals surface area contributed by atoms with Gasteiger partial charge in [0.25, 0.3) is 11.6 Å². The minimum atomic E-state index is -2.80. The van der Waals surface area contributed by atoms with Gasteiger partial charge in [0.15, 0.2) is 0 Å². The van der Waals surface area contributed by atoms with Gasteiger partial charge in [-0.2, -0.15) is 8.78 Å². The number of aryl methyl sites for hydroxylation is 1. The van der Waals surface area contributed by atoms with Crippen LogP contribution in [0.4, 0.5) is 14.5 Å². The van der Waals surface area contributed by atoms with Crippen LogP contribution in [0.1, 0.15) is 85.7 Å². The molecule has 220 valence electrons. The summed E-state index contributed by atoms with van der Waals surface area (Å²) in [5.41, 5.74) is 2.15. The summed E-state index contributed by atoms with van der Waals surface area (Å²) in [6, 6.07) is 22.3. The van der Waals surface area contributed by atoms with Crippen LogP contribution in [0.3, 0.4) is 0 Å². The molecule has 0 aliphatic carbocycles. The predicted molar refractivity (Wildman–Crippen MR) is 173 cm³/mol. The Kier molecular flexibility index (Phi) is 12.9. The summed E-state index contributed by atoms with van der Waals surface area (Å²) < 4.78 is 25.1. The maximum Gasteiger partial charge on any atom is 0.283 e. The first kappa shape index (κ1) is 33.8. The molecular weight excluding hydrogens is 535 g/mol. The minimum absolute atomic E-state index is 0.0353. The van der Waals surface area contributed by atoms with E-state index in [1.165, 1.54) is 32.3 Å². The standard InChI is InChI=1S/C24H29N3O.C8H9F2P.C2H6/c1-6-16(2)21-9-7-8-18-14-19(10-11-22(18)21)24(28)26-17(3)23-15-20(27(4)5)12-13-25-23;1-6-2-4-7(5-3-6)8(9,10)11;1-2/h7-17H,6H2,1-5H3,(H,26,28);2-5H,11H2,1H3;1-2H3. The maximum atomic E-state index is 12.8. The highest BCUT2D eigenvalue weighted by atomic mass is 31.0. The molecule has 0 aliphatic rings. The number of hydrogen-bond donors (Lipinski definition) is 1. The highest BCUT2D eigenvalue weighted by molar-refractivity contribution is 7.17. The molecule has 0 spiro atoms. The van der Waals surface area contributed by atoms with Crippen molar-refractivity contribution in [3.05, 3.63) is 107 Å². The summed E-state index contributed by atoms with van der Waals surface area (Å²) in [6.45, 7) is 12.3. The van der Waals surface area contributed by atoms with Crippen molar-refractivity contribution in [2.24, 2.45) is 0 Å². The molecule has 4 aromatic rings. The number of carbonyl (C=O) groups excluding carboxylic acids is 1. The lowest BCUT2D eigenvalue weighted by Crippen LogP contribution is -2.27. The molecule has 3 unspecified atom stereocenters. The molecule has 0 saturated heterocycles. The topological polar surface area (TPSA) is 45.2 Å². The van der Waals surface area contributed by atoms with E-state index in [-0.39, 0.29) is 17.5 Å². The van der Waals surface area contributed by atoms with Crippen molar-refractivity contribution in [1.29, 1.82) is 0 Å². The summed E-state index contributed by atoms with van der Waals surface area (Å²) in [7, 11) is 5.49. The van der Waals surface area contributed by atoms with Crippen LogP contribution in [0.5, 0.6) is 0 Å². The van der Waals surface area contributed by atoms with Gasteiger partial charge in [0, 0.05) is 37.1 Å². The molecule has 4 nitrogen and oxygen atoms in total. The van der Waals surface area contributed by atoms with Crippen molar-refractivity contribution in [1.82, 2.24) is 10.3 Å². The Hall–Kier alpha value is -3.37. The number of rotatable bonds is 7. The number of alkyl halides is 2.